The fourth-order valence-electron chi connectivity index (χ4n) is 8.74. The minimum absolute atomic E-state index is 0. The molecule has 7 N–H and O–H groups in total. The van der Waals surface area contributed by atoms with Gasteiger partial charge in [-0.05, 0) is 94.8 Å². The van der Waals surface area contributed by atoms with Gasteiger partial charge in [0.1, 0.15) is 30.0 Å². The molecule has 3 fully saturated rings. The van der Waals surface area contributed by atoms with Gasteiger partial charge in [-0.3, -0.25) is 4.79 Å². The van der Waals surface area contributed by atoms with Gasteiger partial charge in [-0.25, -0.2) is 0 Å². The molecule has 3 rings (SSSR count). The summed E-state index contributed by atoms with van der Waals surface area (Å²) in [5, 5.41) is 58.1. The largest absolute Gasteiger partial charge is 0.459 e. The highest BCUT2D eigenvalue weighted by atomic mass is 16.7. The van der Waals surface area contributed by atoms with Gasteiger partial charge in [-0.1, -0.05) is 20.8 Å². The van der Waals surface area contributed by atoms with Crippen LogP contribution in [-0.4, -0.2) is 172 Å². The van der Waals surface area contributed by atoms with E-state index in [4.69, 9.17) is 28.4 Å². The molecule has 0 bridgehead atoms. The Morgan fingerprint density at radius 3 is 2.09 bits per heavy atom. The Labute approximate surface area is 317 Å². The quantitative estimate of drug-likeness (QED) is 0.230. The molecule has 2 unspecified atom stereocenters. The van der Waals surface area contributed by atoms with Gasteiger partial charge >= 0.3 is 5.97 Å². The fraction of sp³-hybridized carbons (Fsp3) is 0.974. The van der Waals surface area contributed by atoms with E-state index in [0.717, 1.165) is 0 Å². The van der Waals surface area contributed by atoms with E-state index in [-0.39, 0.29) is 42.8 Å². The number of carbonyl (C=O) groups is 1. The van der Waals surface area contributed by atoms with Crippen LogP contribution in [0.4, 0.5) is 0 Å². The van der Waals surface area contributed by atoms with Crippen LogP contribution in [0.2, 0.25) is 0 Å². The lowest BCUT2D eigenvalue weighted by atomic mass is 9.77. The molecule has 3 heterocycles. The van der Waals surface area contributed by atoms with Crippen molar-refractivity contribution in [3.05, 3.63) is 0 Å². The summed E-state index contributed by atoms with van der Waals surface area (Å²) in [5.74, 6) is -2.58. The molecule has 3 saturated heterocycles. The van der Waals surface area contributed by atoms with Gasteiger partial charge in [0.25, 0.3) is 0 Å². The minimum atomic E-state index is -1.80. The second-order valence-corrected chi connectivity index (χ2v) is 17.2. The maximum Gasteiger partial charge on any atom is 0.311 e. The van der Waals surface area contributed by atoms with Crippen molar-refractivity contribution in [2.45, 2.75) is 185 Å². The van der Waals surface area contributed by atoms with Crippen LogP contribution < -0.4 is 0 Å². The number of ether oxygens (including phenoxy) is 6. The maximum atomic E-state index is 14.2. The lowest BCUT2D eigenvalue weighted by Crippen LogP contribution is -2.60. The molecular formula is C38H74N2O13. The van der Waals surface area contributed by atoms with Crippen molar-refractivity contribution < 1.29 is 64.2 Å². The van der Waals surface area contributed by atoms with Gasteiger partial charge in [0.05, 0.1) is 41.5 Å². The summed E-state index contributed by atoms with van der Waals surface area (Å²) in [6, 6.07) is -0.808. The zero-order valence-electron chi connectivity index (χ0n) is 34.7. The third kappa shape index (κ3) is 10.9. The standard InChI is InChI=1S/C38H72N2O12.H2O/c1-15-27-38(10,46)31(42)24(6)40(13)19-20(2)17-36(8,45)33(52-35-29(41)26(39(11)12)16-21(3)48-35)22(4)30(23(5)34(44)50-27)51-28-18-37(9,47-14)32(43)25(7)49-28;/h20-33,35,41-43,45-46H,15-19H2,1-14H3;1H2/t20-,21-,22+,23-,24-,25+,26+,27?,28+,29-,30+,31-,32+,33?,35+,36-,37-,38-;/m1./s1. The van der Waals surface area contributed by atoms with Crippen molar-refractivity contribution in [2.75, 3.05) is 34.8 Å². The van der Waals surface area contributed by atoms with Crippen LogP contribution in [0.15, 0.2) is 0 Å². The Bertz CT molecular complexity index is 1150. The summed E-state index contributed by atoms with van der Waals surface area (Å²) in [5.41, 5.74) is -4.37. The summed E-state index contributed by atoms with van der Waals surface area (Å²) in [7, 11) is 7.12. The molecule has 3 aliphatic heterocycles. The number of nitrogens with zero attached hydrogens (tertiary/aromatic N) is 2. The lowest BCUT2D eigenvalue weighted by molar-refractivity contribution is -0.318. The van der Waals surface area contributed by atoms with Crippen LogP contribution >= 0.6 is 0 Å². The van der Waals surface area contributed by atoms with Crippen molar-refractivity contribution in [2.24, 2.45) is 17.8 Å². The number of cyclic esters (lactones) is 1. The zero-order valence-corrected chi connectivity index (χ0v) is 34.7. The highest BCUT2D eigenvalue weighted by Gasteiger charge is 2.52. The first-order chi connectivity index (χ1) is 23.9. The summed E-state index contributed by atoms with van der Waals surface area (Å²) >= 11 is 0. The van der Waals surface area contributed by atoms with E-state index >= 15 is 0 Å². The van der Waals surface area contributed by atoms with Gasteiger partial charge in [0, 0.05) is 38.1 Å². The van der Waals surface area contributed by atoms with E-state index in [0.29, 0.717) is 13.0 Å². The number of aliphatic hydroxyl groups is 5. The van der Waals surface area contributed by atoms with E-state index in [2.05, 4.69) is 0 Å². The molecule has 15 heteroatoms. The van der Waals surface area contributed by atoms with Gasteiger partial charge in [0.2, 0.25) is 0 Å². The number of hydrogen-bond acceptors (Lipinski definition) is 14. The predicted octanol–water partition coefficient (Wildman–Crippen LogP) is 1.08. The number of esters is 1. The van der Waals surface area contributed by atoms with Gasteiger partial charge < -0.3 is 69.2 Å². The monoisotopic (exact) mass is 767 g/mol. The summed E-state index contributed by atoms with van der Waals surface area (Å²) in [6.07, 6.45) is -8.19. The highest BCUT2D eigenvalue weighted by molar-refractivity contribution is 5.73. The maximum absolute atomic E-state index is 14.2. The molecule has 53 heavy (non-hydrogen) atoms. The number of likely N-dealkylation sites (N-methyl/N-ethyl adjacent to an activating group) is 2. The molecule has 314 valence electrons. The predicted molar refractivity (Wildman–Crippen MR) is 198 cm³/mol. The van der Waals surface area contributed by atoms with Crippen LogP contribution in [0.1, 0.15) is 94.9 Å². The van der Waals surface area contributed by atoms with E-state index in [1.54, 1.807) is 41.5 Å². The molecule has 0 spiro atoms. The SMILES string of the molecule is CCC1OC(=O)[C@H](C)[C@@H](O[C@H]2C[C@@](C)(OC)[C@@H](O)[C@H](C)O2)[C@H](C)C(O[C@@H]2O[C@H](C)C[C@H](N(C)C)[C@H]2O)[C@](C)(O)C[C@@H](C)CN(C)[C@H](C)[C@@H](O)[C@]1(C)O.O. The Balaban J connectivity index is 0.00000972. The summed E-state index contributed by atoms with van der Waals surface area (Å²) in [6.45, 7) is 18.0. The molecule has 3 aliphatic rings. The average Bonchev–Trinajstić information content (AvgIpc) is 3.05. The Hall–Kier alpha value is -1.05. The van der Waals surface area contributed by atoms with E-state index in [1.165, 1.54) is 14.0 Å². The normalized spacial score (nSPS) is 48.7. The van der Waals surface area contributed by atoms with Crippen molar-refractivity contribution in [1.82, 2.24) is 9.80 Å². The van der Waals surface area contributed by atoms with E-state index in [1.807, 2.05) is 51.7 Å². The van der Waals surface area contributed by atoms with Gasteiger partial charge in [-0.2, -0.15) is 0 Å². The van der Waals surface area contributed by atoms with Crippen LogP contribution in [0.3, 0.4) is 0 Å². The van der Waals surface area contributed by atoms with Crippen LogP contribution in [0.25, 0.3) is 0 Å². The molecule has 18 atom stereocenters. The lowest BCUT2D eigenvalue weighted by Gasteiger charge is -2.48. The minimum Gasteiger partial charge on any atom is -0.459 e. The smallest absolute Gasteiger partial charge is 0.311 e. The first-order valence-corrected chi connectivity index (χ1v) is 19.1. The third-order valence-corrected chi connectivity index (χ3v) is 12.2. The van der Waals surface area contributed by atoms with Crippen molar-refractivity contribution in [1.29, 1.82) is 0 Å². The fourth-order valence-corrected chi connectivity index (χ4v) is 8.74. The first-order valence-electron chi connectivity index (χ1n) is 19.1. The van der Waals surface area contributed by atoms with Crippen LogP contribution in [-0.2, 0) is 33.2 Å². The van der Waals surface area contributed by atoms with Crippen molar-refractivity contribution >= 4 is 5.97 Å². The molecule has 0 aromatic carbocycles. The molecule has 0 aliphatic carbocycles. The number of rotatable bonds is 7. The number of aliphatic hydroxyl groups excluding tert-OH is 3. The van der Waals surface area contributed by atoms with Crippen molar-refractivity contribution in [3.63, 3.8) is 0 Å². The molecule has 15 nitrogen and oxygen atoms in total. The van der Waals surface area contributed by atoms with Gasteiger partial charge in [-0.15, -0.1) is 0 Å². The molecule has 0 saturated carbocycles. The first kappa shape index (κ1) is 48.1. The molecular weight excluding hydrogens is 692 g/mol. The number of carbonyl (C=O) groups excluding carboxylic acids is 1. The molecule has 0 aromatic rings. The summed E-state index contributed by atoms with van der Waals surface area (Å²) < 4.78 is 37.5. The third-order valence-electron chi connectivity index (χ3n) is 12.2. The number of hydrogen-bond donors (Lipinski definition) is 5. The van der Waals surface area contributed by atoms with E-state index < -0.39 is 96.0 Å². The van der Waals surface area contributed by atoms with Gasteiger partial charge in [0.15, 0.2) is 12.6 Å². The Morgan fingerprint density at radius 1 is 0.943 bits per heavy atom. The average molecular weight is 767 g/mol. The molecule has 0 aromatic heterocycles. The van der Waals surface area contributed by atoms with Crippen LogP contribution in [0, 0.1) is 17.8 Å². The second-order valence-electron chi connectivity index (χ2n) is 17.2. The van der Waals surface area contributed by atoms with E-state index in [9.17, 15) is 30.3 Å². The topological polar surface area (TPSA) is 212 Å². The second kappa shape index (κ2) is 18.9. The summed E-state index contributed by atoms with van der Waals surface area (Å²) in [4.78, 5) is 18.0. The molecule has 0 radical (unpaired) electrons. The Morgan fingerprint density at radius 2 is 1.55 bits per heavy atom. The zero-order chi connectivity index (χ0) is 39.7. The Kier molecular flexibility index (Phi) is 17.2. The van der Waals surface area contributed by atoms with Crippen LogP contribution in [0.5, 0.6) is 0 Å². The number of methoxy groups -OCH3 is 1. The molecule has 0 amide bonds. The highest BCUT2D eigenvalue weighted by Crippen LogP contribution is 2.40. The van der Waals surface area contributed by atoms with Crippen molar-refractivity contribution in [3.8, 4) is 0 Å².